The summed E-state index contributed by atoms with van der Waals surface area (Å²) in [6, 6.07) is 0. The van der Waals surface area contributed by atoms with Crippen LogP contribution in [0.15, 0.2) is 0 Å². The van der Waals surface area contributed by atoms with E-state index in [0.29, 0.717) is 0 Å². The maximum absolute atomic E-state index is 5.06. The first-order valence-electron chi connectivity index (χ1n) is 2.04. The smallest absolute Gasteiger partial charge is 0.0236 e. The molecule has 4 heteroatoms. The third-order valence-electron chi connectivity index (χ3n) is 0.433. The molecule has 0 bridgehead atoms. The Morgan fingerprint density at radius 1 is 1.12 bits per heavy atom. The van der Waals surface area contributed by atoms with E-state index in [4.69, 9.17) is 5.84 Å². The molecule has 3 N–H and O–H groups in total. The van der Waals surface area contributed by atoms with Crippen LogP contribution in [0, 0.1) is 0 Å². The quantitative estimate of drug-likeness (QED) is 0.503. The summed E-state index contributed by atoms with van der Waals surface area (Å²) in [5.74, 6) is 5.06. The van der Waals surface area contributed by atoms with E-state index in [1.54, 1.807) is 0 Å². The number of nitrogens with one attached hydrogen (secondary N) is 1. The molecule has 0 saturated carbocycles. The fourth-order valence-electron chi connectivity index (χ4n) is 0. The number of hydrazine groups is 1. The van der Waals surface area contributed by atoms with Crippen molar-refractivity contribution in [1.29, 1.82) is 0 Å². The highest BCUT2D eigenvalue weighted by atomic mass is 79.9. The first-order chi connectivity index (χ1) is 2.56. The molecule has 0 aliphatic carbocycles. The highest BCUT2D eigenvalue weighted by Gasteiger charge is 2.02. The maximum Gasteiger partial charge on any atom is 0.0236 e. The van der Waals surface area contributed by atoms with Gasteiger partial charge in [0.25, 0.3) is 0 Å². The Bertz CT molecular complexity index is 41.8. The Kier molecular flexibility index (Phi) is 12.0. The van der Waals surface area contributed by atoms with Gasteiger partial charge in [0.05, 0.1) is 0 Å². The number of hydrogen-bond donors (Lipinski definition) is 2. The van der Waals surface area contributed by atoms with Crippen molar-refractivity contribution >= 4 is 34.0 Å². The lowest BCUT2D eigenvalue weighted by Crippen LogP contribution is -2.41. The molecule has 0 unspecified atom stereocenters. The van der Waals surface area contributed by atoms with Gasteiger partial charge in [-0.05, 0) is 20.8 Å². The largest absolute Gasteiger partial charge is 0.271 e. The Morgan fingerprint density at radius 3 is 1.25 bits per heavy atom. The molecular formula is C4H14Br2N2. The van der Waals surface area contributed by atoms with E-state index in [-0.39, 0.29) is 39.5 Å². The fraction of sp³-hybridized carbons (Fsp3) is 1.00. The van der Waals surface area contributed by atoms with Crippen molar-refractivity contribution in [2.45, 2.75) is 26.3 Å². The van der Waals surface area contributed by atoms with Crippen molar-refractivity contribution in [1.82, 2.24) is 5.43 Å². The van der Waals surface area contributed by atoms with E-state index in [0.717, 1.165) is 0 Å². The molecule has 0 radical (unpaired) electrons. The molecule has 0 atom stereocenters. The van der Waals surface area contributed by atoms with E-state index < -0.39 is 0 Å². The van der Waals surface area contributed by atoms with Gasteiger partial charge in [-0.3, -0.25) is 11.3 Å². The molecule has 0 amide bonds. The minimum Gasteiger partial charge on any atom is -0.271 e. The molecule has 8 heavy (non-hydrogen) atoms. The van der Waals surface area contributed by atoms with Gasteiger partial charge >= 0.3 is 0 Å². The molecule has 0 rings (SSSR count). The molecule has 0 aliphatic rings. The molecular weight excluding hydrogens is 236 g/mol. The van der Waals surface area contributed by atoms with Crippen LogP contribution in [0.1, 0.15) is 20.8 Å². The fourth-order valence-corrected chi connectivity index (χ4v) is 0. The monoisotopic (exact) mass is 248 g/mol. The lowest BCUT2D eigenvalue weighted by atomic mass is 10.1. The van der Waals surface area contributed by atoms with Gasteiger partial charge in [0.2, 0.25) is 0 Å². The third-order valence-corrected chi connectivity index (χ3v) is 0.433. The predicted octanol–water partition coefficient (Wildman–Crippen LogP) is 1.40. The highest BCUT2D eigenvalue weighted by molar-refractivity contribution is 8.93. The standard InChI is InChI=1S/C4H12N2.2BrH/c1-4(2,3)6-5;;/h6H,5H2,1-3H3;2*1H. The topological polar surface area (TPSA) is 38.0 Å². The second-order valence-electron chi connectivity index (χ2n) is 2.39. The molecule has 0 saturated heterocycles. The van der Waals surface area contributed by atoms with Crippen molar-refractivity contribution in [3.8, 4) is 0 Å². The summed E-state index contributed by atoms with van der Waals surface area (Å²) in [4.78, 5) is 0. The van der Waals surface area contributed by atoms with Crippen LogP contribution >= 0.6 is 34.0 Å². The van der Waals surface area contributed by atoms with Gasteiger partial charge in [-0.25, -0.2) is 0 Å². The number of nitrogens with two attached hydrogens (primary N) is 1. The second kappa shape index (κ2) is 6.01. The van der Waals surface area contributed by atoms with Crippen LogP contribution in [0.5, 0.6) is 0 Å². The second-order valence-corrected chi connectivity index (χ2v) is 2.39. The Balaban J connectivity index is -0.000000125. The van der Waals surface area contributed by atoms with Gasteiger partial charge in [-0.2, -0.15) is 0 Å². The summed E-state index contributed by atoms with van der Waals surface area (Å²) in [6.07, 6.45) is 0. The molecule has 0 fully saturated rings. The zero-order valence-electron chi connectivity index (χ0n) is 5.39. The summed E-state index contributed by atoms with van der Waals surface area (Å²) in [5.41, 5.74) is 2.67. The van der Waals surface area contributed by atoms with Crippen molar-refractivity contribution in [2.24, 2.45) is 5.84 Å². The molecule has 54 valence electrons. The van der Waals surface area contributed by atoms with Crippen molar-refractivity contribution in [3.63, 3.8) is 0 Å². The molecule has 0 spiro atoms. The highest BCUT2D eigenvalue weighted by Crippen LogP contribution is 1.92. The van der Waals surface area contributed by atoms with Gasteiger partial charge in [0, 0.05) is 5.54 Å². The Labute approximate surface area is 71.7 Å². The van der Waals surface area contributed by atoms with E-state index in [1.165, 1.54) is 0 Å². The average Bonchev–Trinajstić information content (AvgIpc) is 1.35. The van der Waals surface area contributed by atoms with Crippen LogP contribution in [0.3, 0.4) is 0 Å². The molecule has 2 nitrogen and oxygen atoms in total. The zero-order chi connectivity index (χ0) is 5.21. The van der Waals surface area contributed by atoms with Gasteiger partial charge in [-0.1, -0.05) is 0 Å². The summed E-state index contributed by atoms with van der Waals surface area (Å²) < 4.78 is 0. The third kappa shape index (κ3) is 15.8. The minimum absolute atomic E-state index is 0. The van der Waals surface area contributed by atoms with E-state index >= 15 is 0 Å². The average molecular weight is 250 g/mol. The van der Waals surface area contributed by atoms with Crippen LogP contribution in [0.4, 0.5) is 0 Å². The minimum atomic E-state index is 0. The van der Waals surface area contributed by atoms with E-state index in [2.05, 4.69) is 5.43 Å². The van der Waals surface area contributed by atoms with Crippen LogP contribution in [-0.2, 0) is 0 Å². The molecule has 0 aromatic carbocycles. The summed E-state index contributed by atoms with van der Waals surface area (Å²) in [5, 5.41) is 0. The summed E-state index contributed by atoms with van der Waals surface area (Å²) >= 11 is 0. The zero-order valence-corrected chi connectivity index (χ0v) is 8.82. The lowest BCUT2D eigenvalue weighted by Gasteiger charge is -2.14. The Morgan fingerprint density at radius 2 is 1.25 bits per heavy atom. The van der Waals surface area contributed by atoms with Gasteiger partial charge in [-0.15, -0.1) is 34.0 Å². The van der Waals surface area contributed by atoms with Crippen LogP contribution in [0.25, 0.3) is 0 Å². The normalized spacial score (nSPS) is 9.00. The number of hydrogen-bond acceptors (Lipinski definition) is 2. The van der Waals surface area contributed by atoms with Gasteiger partial charge in [0.15, 0.2) is 0 Å². The van der Waals surface area contributed by atoms with Gasteiger partial charge < -0.3 is 0 Å². The Hall–Kier alpha value is 0.880. The van der Waals surface area contributed by atoms with Crippen molar-refractivity contribution in [3.05, 3.63) is 0 Å². The van der Waals surface area contributed by atoms with E-state index in [9.17, 15) is 0 Å². The van der Waals surface area contributed by atoms with Crippen molar-refractivity contribution in [2.75, 3.05) is 0 Å². The number of rotatable bonds is 0. The molecule has 0 aromatic rings. The van der Waals surface area contributed by atoms with Gasteiger partial charge in [0.1, 0.15) is 0 Å². The summed E-state index contributed by atoms with van der Waals surface area (Å²) in [6.45, 7) is 6.02. The molecule has 0 aliphatic heterocycles. The number of halogens is 2. The van der Waals surface area contributed by atoms with Crippen molar-refractivity contribution < 1.29 is 0 Å². The molecule has 0 heterocycles. The summed E-state index contributed by atoms with van der Waals surface area (Å²) in [7, 11) is 0. The maximum atomic E-state index is 5.06. The van der Waals surface area contributed by atoms with Crippen LogP contribution in [0.2, 0.25) is 0 Å². The molecule has 0 aromatic heterocycles. The van der Waals surface area contributed by atoms with Crippen LogP contribution in [-0.4, -0.2) is 5.54 Å². The first kappa shape index (κ1) is 15.9. The van der Waals surface area contributed by atoms with Crippen LogP contribution < -0.4 is 11.3 Å². The van der Waals surface area contributed by atoms with E-state index in [1.807, 2.05) is 20.8 Å². The SMILES string of the molecule is Br.Br.CC(C)(C)NN. The first-order valence-corrected chi connectivity index (χ1v) is 2.04. The predicted molar refractivity (Wildman–Crippen MR) is 47.7 cm³/mol. The lowest BCUT2D eigenvalue weighted by molar-refractivity contribution is 0.438.